The van der Waals surface area contributed by atoms with Gasteiger partial charge in [-0.15, -0.1) is 11.3 Å². The van der Waals surface area contributed by atoms with Gasteiger partial charge in [-0.3, -0.25) is 4.79 Å². The molecular weight excluding hydrogens is 247 g/mol. The first kappa shape index (κ1) is 11.7. The Kier molecular flexibility index (Phi) is 4.12. The summed E-state index contributed by atoms with van der Waals surface area (Å²) in [6.07, 6.45) is 0.288. The van der Waals surface area contributed by atoms with Crippen molar-refractivity contribution in [3.05, 3.63) is 14.5 Å². The maximum Gasteiger partial charge on any atom is 0.323 e. The molecule has 0 aliphatic carbocycles. The minimum Gasteiger partial charge on any atom is -0.468 e. The third-order valence-electron chi connectivity index (χ3n) is 1.53. The first-order chi connectivity index (χ1) is 6.54. The SMILES string of the molecule is COC(=O)C(N)Cc1sc(Cl)nc1Cl. The van der Waals surface area contributed by atoms with Gasteiger partial charge in [-0.05, 0) is 0 Å². The van der Waals surface area contributed by atoms with Crippen molar-refractivity contribution in [1.82, 2.24) is 4.98 Å². The van der Waals surface area contributed by atoms with Gasteiger partial charge in [0, 0.05) is 11.3 Å². The van der Waals surface area contributed by atoms with Crippen molar-refractivity contribution in [2.75, 3.05) is 7.11 Å². The van der Waals surface area contributed by atoms with E-state index in [0.717, 1.165) is 0 Å². The molecule has 0 bridgehead atoms. The van der Waals surface area contributed by atoms with E-state index >= 15 is 0 Å². The molecule has 1 atom stereocenters. The number of halogens is 2. The van der Waals surface area contributed by atoms with Crippen LogP contribution in [-0.2, 0) is 16.0 Å². The number of methoxy groups -OCH3 is 1. The fourth-order valence-corrected chi connectivity index (χ4v) is 2.33. The van der Waals surface area contributed by atoms with E-state index in [2.05, 4.69) is 9.72 Å². The van der Waals surface area contributed by atoms with Crippen LogP contribution in [0, 0.1) is 0 Å². The molecule has 1 unspecified atom stereocenters. The van der Waals surface area contributed by atoms with E-state index in [1.165, 1.54) is 18.4 Å². The van der Waals surface area contributed by atoms with Gasteiger partial charge in [-0.25, -0.2) is 4.98 Å². The molecular formula is C7H8Cl2N2O2S. The lowest BCUT2D eigenvalue weighted by molar-refractivity contribution is -0.142. The number of esters is 1. The standard InChI is InChI=1S/C7H8Cl2N2O2S/c1-13-6(12)3(10)2-4-5(8)11-7(9)14-4/h3H,2,10H2,1H3. The highest BCUT2D eigenvalue weighted by Gasteiger charge is 2.18. The molecule has 7 heteroatoms. The Labute approximate surface area is 95.0 Å². The number of thiazole rings is 1. The lowest BCUT2D eigenvalue weighted by Crippen LogP contribution is -2.33. The zero-order valence-electron chi connectivity index (χ0n) is 7.29. The maximum absolute atomic E-state index is 11.0. The number of carbonyl (C=O) groups is 1. The average Bonchev–Trinajstić information content (AvgIpc) is 2.44. The predicted octanol–water partition coefficient (Wildman–Crippen LogP) is 1.49. The molecule has 0 amide bonds. The topological polar surface area (TPSA) is 65.2 Å². The number of hydrogen-bond acceptors (Lipinski definition) is 5. The van der Waals surface area contributed by atoms with Crippen LogP contribution < -0.4 is 5.73 Å². The first-order valence-corrected chi connectivity index (χ1v) is 5.26. The van der Waals surface area contributed by atoms with Crippen molar-refractivity contribution in [2.45, 2.75) is 12.5 Å². The quantitative estimate of drug-likeness (QED) is 0.831. The minimum absolute atomic E-state index is 0.288. The Bertz CT molecular complexity index is 342. The van der Waals surface area contributed by atoms with Crippen molar-refractivity contribution >= 4 is 40.5 Å². The number of carbonyl (C=O) groups excluding carboxylic acids is 1. The largest absolute Gasteiger partial charge is 0.468 e. The Morgan fingerprint density at radius 2 is 2.36 bits per heavy atom. The van der Waals surface area contributed by atoms with Crippen molar-refractivity contribution < 1.29 is 9.53 Å². The average molecular weight is 255 g/mol. The smallest absolute Gasteiger partial charge is 0.323 e. The summed E-state index contributed by atoms with van der Waals surface area (Å²) < 4.78 is 4.81. The van der Waals surface area contributed by atoms with Gasteiger partial charge >= 0.3 is 5.97 Å². The molecule has 2 N–H and O–H groups in total. The molecule has 4 nitrogen and oxygen atoms in total. The number of rotatable bonds is 3. The second-order valence-electron chi connectivity index (χ2n) is 2.51. The number of nitrogens with two attached hydrogens (primary N) is 1. The zero-order chi connectivity index (χ0) is 10.7. The molecule has 0 spiro atoms. The summed E-state index contributed by atoms with van der Waals surface area (Å²) in [4.78, 5) is 15.5. The summed E-state index contributed by atoms with van der Waals surface area (Å²) in [5.74, 6) is -0.481. The van der Waals surface area contributed by atoms with Crippen LogP contribution in [0.25, 0.3) is 0 Å². The van der Waals surface area contributed by atoms with Gasteiger partial charge in [0.2, 0.25) is 0 Å². The minimum atomic E-state index is -0.728. The summed E-state index contributed by atoms with van der Waals surface area (Å²) in [6, 6.07) is -0.728. The highest BCUT2D eigenvalue weighted by Crippen LogP contribution is 2.27. The molecule has 0 aromatic carbocycles. The van der Waals surface area contributed by atoms with Crippen LogP contribution in [0.4, 0.5) is 0 Å². The van der Waals surface area contributed by atoms with Crippen molar-refractivity contribution in [2.24, 2.45) is 5.73 Å². The Hall–Kier alpha value is -0.360. The molecule has 1 aromatic heterocycles. The molecule has 1 aromatic rings. The van der Waals surface area contributed by atoms with Gasteiger partial charge in [0.25, 0.3) is 0 Å². The molecule has 14 heavy (non-hydrogen) atoms. The van der Waals surface area contributed by atoms with E-state index in [1.54, 1.807) is 0 Å². The molecule has 0 saturated carbocycles. The molecule has 1 rings (SSSR count). The Morgan fingerprint density at radius 1 is 1.71 bits per heavy atom. The molecule has 0 saturated heterocycles. The summed E-state index contributed by atoms with van der Waals surface area (Å²) in [7, 11) is 1.28. The van der Waals surface area contributed by atoms with Crippen molar-refractivity contribution in [3.63, 3.8) is 0 Å². The van der Waals surface area contributed by atoms with Crippen LogP contribution in [0.15, 0.2) is 0 Å². The third-order valence-corrected chi connectivity index (χ3v) is 3.14. The monoisotopic (exact) mass is 254 g/mol. The van der Waals surface area contributed by atoms with Gasteiger partial charge in [-0.2, -0.15) is 0 Å². The molecule has 78 valence electrons. The van der Waals surface area contributed by atoms with Gasteiger partial charge < -0.3 is 10.5 Å². The number of ether oxygens (including phenoxy) is 1. The van der Waals surface area contributed by atoms with E-state index in [9.17, 15) is 4.79 Å². The van der Waals surface area contributed by atoms with Crippen LogP contribution in [-0.4, -0.2) is 24.1 Å². The summed E-state index contributed by atoms with van der Waals surface area (Å²) in [5.41, 5.74) is 5.54. The third kappa shape index (κ3) is 2.81. The van der Waals surface area contributed by atoms with Crippen LogP contribution in [0.3, 0.4) is 0 Å². The fourth-order valence-electron chi connectivity index (χ4n) is 0.866. The number of aromatic nitrogens is 1. The fraction of sp³-hybridized carbons (Fsp3) is 0.429. The second-order valence-corrected chi connectivity index (χ2v) is 4.54. The van der Waals surface area contributed by atoms with Gasteiger partial charge in [-0.1, -0.05) is 23.2 Å². The molecule has 0 aliphatic rings. The number of nitrogens with zero attached hydrogens (tertiary/aromatic N) is 1. The zero-order valence-corrected chi connectivity index (χ0v) is 9.62. The van der Waals surface area contributed by atoms with Gasteiger partial charge in [0.05, 0.1) is 7.11 Å². The molecule has 0 fully saturated rings. The second kappa shape index (κ2) is 4.93. The van der Waals surface area contributed by atoms with E-state index in [1.807, 2.05) is 0 Å². The highest BCUT2D eigenvalue weighted by molar-refractivity contribution is 7.16. The van der Waals surface area contributed by atoms with E-state index in [4.69, 9.17) is 28.9 Å². The Morgan fingerprint density at radius 3 is 2.79 bits per heavy atom. The Balaban J connectivity index is 2.69. The van der Waals surface area contributed by atoms with E-state index in [-0.39, 0.29) is 6.42 Å². The van der Waals surface area contributed by atoms with Crippen LogP contribution in [0.1, 0.15) is 4.88 Å². The van der Waals surface area contributed by atoms with Crippen LogP contribution >= 0.6 is 34.5 Å². The van der Waals surface area contributed by atoms with Gasteiger partial charge in [0.1, 0.15) is 11.2 Å². The molecule has 0 aliphatic heterocycles. The van der Waals surface area contributed by atoms with Crippen LogP contribution in [0.2, 0.25) is 9.62 Å². The number of hydrogen-bond donors (Lipinski definition) is 1. The van der Waals surface area contributed by atoms with E-state index in [0.29, 0.717) is 14.5 Å². The predicted molar refractivity (Wildman–Crippen MR) is 55.8 cm³/mol. The summed E-state index contributed by atoms with van der Waals surface area (Å²) >= 11 is 12.6. The lowest BCUT2D eigenvalue weighted by Gasteiger charge is -2.06. The highest BCUT2D eigenvalue weighted by atomic mass is 35.5. The maximum atomic E-state index is 11.0. The van der Waals surface area contributed by atoms with E-state index < -0.39 is 12.0 Å². The molecule has 1 heterocycles. The van der Waals surface area contributed by atoms with Crippen molar-refractivity contribution in [3.8, 4) is 0 Å². The molecule has 0 radical (unpaired) electrons. The summed E-state index contributed by atoms with van der Waals surface area (Å²) in [6.45, 7) is 0. The lowest BCUT2D eigenvalue weighted by atomic mass is 10.2. The van der Waals surface area contributed by atoms with Gasteiger partial charge in [0.15, 0.2) is 4.47 Å². The normalized spacial score (nSPS) is 12.6. The first-order valence-electron chi connectivity index (χ1n) is 3.68. The van der Waals surface area contributed by atoms with Crippen molar-refractivity contribution in [1.29, 1.82) is 0 Å². The summed E-state index contributed by atoms with van der Waals surface area (Å²) in [5, 5.41) is 0.291. The van der Waals surface area contributed by atoms with Crippen LogP contribution in [0.5, 0.6) is 0 Å².